The van der Waals surface area contributed by atoms with Gasteiger partial charge in [-0.2, -0.15) is 5.26 Å². The molecule has 0 aliphatic heterocycles. The SMILES string of the molecule is C[C@@H]1CCc2c(sc(NC(=O)c3cccc4c(Br)cccc34)c2C#N)C1. The molecule has 0 fully saturated rings. The number of anilines is 1. The first-order valence-electron chi connectivity index (χ1n) is 8.61. The van der Waals surface area contributed by atoms with Crippen molar-refractivity contribution < 1.29 is 4.79 Å². The van der Waals surface area contributed by atoms with Crippen LogP contribution in [0.4, 0.5) is 5.00 Å². The average molecular weight is 425 g/mol. The Morgan fingerprint density at radius 2 is 2.04 bits per heavy atom. The highest BCUT2D eigenvalue weighted by molar-refractivity contribution is 9.10. The number of nitrogens with zero attached hydrogens (tertiary/aromatic N) is 1. The molecule has 130 valence electrons. The number of rotatable bonds is 2. The predicted molar refractivity (Wildman–Crippen MR) is 110 cm³/mol. The maximum atomic E-state index is 13.0. The number of nitriles is 1. The minimum Gasteiger partial charge on any atom is -0.312 e. The smallest absolute Gasteiger partial charge is 0.256 e. The number of benzene rings is 2. The van der Waals surface area contributed by atoms with Gasteiger partial charge in [0.2, 0.25) is 0 Å². The molecule has 1 aromatic heterocycles. The fraction of sp³-hybridized carbons (Fsp3) is 0.238. The summed E-state index contributed by atoms with van der Waals surface area (Å²) in [6.07, 6.45) is 3.02. The van der Waals surface area contributed by atoms with Crippen LogP contribution in [0, 0.1) is 17.2 Å². The number of carbonyl (C=O) groups excluding carboxylic acids is 1. The Bertz CT molecular complexity index is 1060. The molecule has 1 N–H and O–H groups in total. The molecule has 3 aromatic rings. The Morgan fingerprint density at radius 1 is 1.27 bits per heavy atom. The van der Waals surface area contributed by atoms with Crippen LogP contribution in [0.25, 0.3) is 10.8 Å². The van der Waals surface area contributed by atoms with Gasteiger partial charge >= 0.3 is 0 Å². The van der Waals surface area contributed by atoms with Crippen LogP contribution in [0.5, 0.6) is 0 Å². The average Bonchev–Trinajstić information content (AvgIpc) is 2.97. The van der Waals surface area contributed by atoms with Gasteiger partial charge in [0.05, 0.1) is 5.56 Å². The lowest BCUT2D eigenvalue weighted by atomic mass is 9.88. The van der Waals surface area contributed by atoms with Crippen molar-refractivity contribution in [3.8, 4) is 6.07 Å². The van der Waals surface area contributed by atoms with Gasteiger partial charge in [-0.05, 0) is 53.6 Å². The molecule has 1 atom stereocenters. The maximum absolute atomic E-state index is 13.0. The summed E-state index contributed by atoms with van der Waals surface area (Å²) < 4.78 is 0.961. The standard InChI is InChI=1S/C21H17BrN2OS/c1-12-8-9-15-17(11-23)21(26-19(15)10-12)24-20(25)16-6-2-5-14-13(16)4-3-7-18(14)22/h2-7,12H,8-10H2,1H3,(H,24,25)/t12-/m1/s1. The van der Waals surface area contributed by atoms with Crippen molar-refractivity contribution >= 4 is 48.9 Å². The van der Waals surface area contributed by atoms with E-state index < -0.39 is 0 Å². The van der Waals surface area contributed by atoms with Crippen molar-refractivity contribution in [3.05, 3.63) is 62.4 Å². The lowest BCUT2D eigenvalue weighted by Crippen LogP contribution is -2.12. The Kier molecular flexibility index (Phi) is 4.56. The van der Waals surface area contributed by atoms with Gasteiger partial charge in [0.15, 0.2) is 0 Å². The van der Waals surface area contributed by atoms with Gasteiger partial charge in [-0.3, -0.25) is 4.79 Å². The monoisotopic (exact) mass is 424 g/mol. The molecule has 5 heteroatoms. The second-order valence-corrected chi connectivity index (χ2v) is 8.72. The lowest BCUT2D eigenvalue weighted by molar-refractivity contribution is 0.102. The van der Waals surface area contributed by atoms with E-state index in [1.165, 1.54) is 4.88 Å². The van der Waals surface area contributed by atoms with Crippen molar-refractivity contribution in [1.29, 1.82) is 5.26 Å². The van der Waals surface area contributed by atoms with Gasteiger partial charge < -0.3 is 5.32 Å². The zero-order valence-corrected chi connectivity index (χ0v) is 16.7. The van der Waals surface area contributed by atoms with E-state index in [1.54, 1.807) is 11.3 Å². The summed E-state index contributed by atoms with van der Waals surface area (Å²) in [7, 11) is 0. The number of fused-ring (bicyclic) bond motifs is 2. The largest absolute Gasteiger partial charge is 0.312 e. The molecule has 0 radical (unpaired) electrons. The van der Waals surface area contributed by atoms with Crippen LogP contribution in [0.3, 0.4) is 0 Å². The first-order valence-corrected chi connectivity index (χ1v) is 10.2. The molecule has 26 heavy (non-hydrogen) atoms. The Hall–Kier alpha value is -2.16. The highest BCUT2D eigenvalue weighted by Gasteiger charge is 2.25. The van der Waals surface area contributed by atoms with E-state index in [4.69, 9.17) is 0 Å². The predicted octanol–water partition coefficient (Wildman–Crippen LogP) is 5.91. The molecule has 0 bridgehead atoms. The summed E-state index contributed by atoms with van der Waals surface area (Å²) in [5.74, 6) is 0.462. The summed E-state index contributed by atoms with van der Waals surface area (Å²) in [6.45, 7) is 2.24. The Labute approximate surface area is 164 Å². The van der Waals surface area contributed by atoms with E-state index in [0.29, 0.717) is 22.0 Å². The van der Waals surface area contributed by atoms with Crippen LogP contribution in [0.15, 0.2) is 40.9 Å². The third-order valence-corrected chi connectivity index (χ3v) is 6.83. The van der Waals surface area contributed by atoms with Crippen molar-refractivity contribution in [2.24, 2.45) is 5.92 Å². The Morgan fingerprint density at radius 3 is 2.85 bits per heavy atom. The molecule has 0 spiro atoms. The normalized spacial score (nSPS) is 16.1. The van der Waals surface area contributed by atoms with Crippen LogP contribution in [-0.2, 0) is 12.8 Å². The van der Waals surface area contributed by atoms with Gasteiger partial charge in [0.25, 0.3) is 5.91 Å². The number of thiophene rings is 1. The summed E-state index contributed by atoms with van der Waals surface area (Å²) >= 11 is 5.10. The fourth-order valence-corrected chi connectivity index (χ4v) is 5.45. The van der Waals surface area contributed by atoms with Gasteiger partial charge in [0, 0.05) is 14.9 Å². The molecular formula is C21H17BrN2OS. The van der Waals surface area contributed by atoms with Gasteiger partial charge in [0.1, 0.15) is 11.1 Å². The molecule has 1 heterocycles. The highest BCUT2D eigenvalue weighted by Crippen LogP contribution is 2.39. The van der Waals surface area contributed by atoms with Crippen LogP contribution in [-0.4, -0.2) is 5.91 Å². The fourth-order valence-electron chi connectivity index (χ4n) is 3.60. The van der Waals surface area contributed by atoms with Crippen LogP contribution in [0.1, 0.15) is 39.7 Å². The summed E-state index contributed by atoms with van der Waals surface area (Å²) in [4.78, 5) is 14.2. The highest BCUT2D eigenvalue weighted by atomic mass is 79.9. The third-order valence-electron chi connectivity index (χ3n) is 4.96. The van der Waals surface area contributed by atoms with Crippen molar-refractivity contribution in [2.45, 2.75) is 26.2 Å². The van der Waals surface area contributed by atoms with Crippen molar-refractivity contribution in [1.82, 2.24) is 0 Å². The number of nitrogens with one attached hydrogen (secondary N) is 1. The molecule has 4 rings (SSSR count). The van der Waals surface area contributed by atoms with Crippen LogP contribution < -0.4 is 5.32 Å². The van der Waals surface area contributed by atoms with Crippen LogP contribution >= 0.6 is 27.3 Å². The summed E-state index contributed by atoms with van der Waals surface area (Å²) in [5.41, 5.74) is 2.39. The summed E-state index contributed by atoms with van der Waals surface area (Å²) in [5, 5.41) is 15.2. The topological polar surface area (TPSA) is 52.9 Å². The molecule has 2 aromatic carbocycles. The zero-order valence-electron chi connectivity index (χ0n) is 14.3. The third kappa shape index (κ3) is 2.94. The molecule has 0 unspecified atom stereocenters. The van der Waals surface area contributed by atoms with Gasteiger partial charge in [-0.25, -0.2) is 0 Å². The van der Waals surface area contributed by atoms with E-state index in [0.717, 1.165) is 40.1 Å². The number of amides is 1. The minimum atomic E-state index is -0.170. The minimum absolute atomic E-state index is 0.170. The van der Waals surface area contributed by atoms with Crippen molar-refractivity contribution in [3.63, 3.8) is 0 Å². The van der Waals surface area contributed by atoms with Gasteiger partial charge in [-0.1, -0.05) is 47.1 Å². The van der Waals surface area contributed by atoms with Gasteiger partial charge in [-0.15, -0.1) is 11.3 Å². The summed E-state index contributed by atoms with van der Waals surface area (Å²) in [6, 6.07) is 13.8. The van der Waals surface area contributed by atoms with E-state index in [2.05, 4.69) is 34.2 Å². The zero-order chi connectivity index (χ0) is 18.3. The maximum Gasteiger partial charge on any atom is 0.256 e. The number of carbonyl (C=O) groups is 1. The van der Waals surface area contributed by atoms with E-state index in [9.17, 15) is 10.1 Å². The second-order valence-electron chi connectivity index (χ2n) is 6.76. The number of halogens is 1. The molecule has 1 amide bonds. The lowest BCUT2D eigenvalue weighted by Gasteiger charge is -2.17. The molecule has 1 aliphatic carbocycles. The molecule has 3 nitrogen and oxygen atoms in total. The van der Waals surface area contributed by atoms with Crippen LogP contribution in [0.2, 0.25) is 0 Å². The number of hydrogen-bond donors (Lipinski definition) is 1. The number of hydrogen-bond acceptors (Lipinski definition) is 3. The molecule has 0 saturated heterocycles. The second kappa shape index (κ2) is 6.86. The Balaban J connectivity index is 1.72. The molecule has 0 saturated carbocycles. The quantitative estimate of drug-likeness (QED) is 0.555. The first kappa shape index (κ1) is 17.3. The first-order chi connectivity index (χ1) is 12.6. The van der Waals surface area contributed by atoms with E-state index >= 15 is 0 Å². The molecule has 1 aliphatic rings. The van der Waals surface area contributed by atoms with Crippen molar-refractivity contribution in [2.75, 3.05) is 5.32 Å². The van der Waals surface area contributed by atoms with E-state index in [-0.39, 0.29) is 5.91 Å². The van der Waals surface area contributed by atoms with E-state index in [1.807, 2.05) is 36.4 Å². The molecular weight excluding hydrogens is 408 g/mol.